The summed E-state index contributed by atoms with van der Waals surface area (Å²) in [6, 6.07) is -1.15. The van der Waals surface area contributed by atoms with Gasteiger partial charge in [0, 0.05) is 0 Å². The molecule has 2 aliphatic rings. The molecule has 14 nitrogen and oxygen atoms in total. The Morgan fingerprint density at radius 3 is 1.90 bits per heavy atom. The number of fused-ring (bicyclic) bond motifs is 1. The Morgan fingerprint density at radius 1 is 0.871 bits per heavy atom. The Balaban J connectivity index is 2.33. The molecule has 2 atom stereocenters. The van der Waals surface area contributed by atoms with E-state index in [-0.39, 0.29) is 0 Å². The predicted molar refractivity (Wildman–Crippen MR) is 98.7 cm³/mol. The van der Waals surface area contributed by atoms with Crippen LogP contribution in [0, 0.1) is 0 Å². The minimum absolute atomic E-state index is 0.445. The van der Waals surface area contributed by atoms with Gasteiger partial charge in [0.25, 0.3) is 0 Å². The summed E-state index contributed by atoms with van der Waals surface area (Å²) >= 11 is 0. The third kappa shape index (κ3) is 7.74. The second-order valence-electron chi connectivity index (χ2n) is 6.83. The molecule has 1 saturated heterocycles. The van der Waals surface area contributed by atoms with Crippen molar-refractivity contribution in [1.82, 2.24) is 10.6 Å². The average Bonchev–Trinajstić information content (AvgIpc) is 2.73. The molecule has 1 unspecified atom stereocenters. The molecule has 2 rings (SSSR count). The van der Waals surface area contributed by atoms with E-state index in [9.17, 15) is 28.8 Å². The summed E-state index contributed by atoms with van der Waals surface area (Å²) in [5, 5.41) is 20.2. The van der Waals surface area contributed by atoms with Gasteiger partial charge in [0.1, 0.15) is 0 Å². The molecule has 0 radical (unpaired) electrons. The Labute approximate surface area is 176 Å². The van der Waals surface area contributed by atoms with Gasteiger partial charge >= 0.3 is 175 Å². The van der Waals surface area contributed by atoms with Gasteiger partial charge in [-0.3, -0.25) is 0 Å². The molecule has 0 aromatic rings. The number of nitrogens with one attached hydrogen (secondary N) is 2. The zero-order valence-corrected chi connectivity index (χ0v) is 17.3. The summed E-state index contributed by atoms with van der Waals surface area (Å²) in [6.07, 6.45) is -0.0700. The SMILES string of the molecule is O=C(O)CCC(=O)O[PH]1(OC(=O)CCC(=O)O)N[C@H]2CCCCC2NOC(=O)C(=O)O1. The molecule has 1 saturated carbocycles. The van der Waals surface area contributed by atoms with Crippen molar-refractivity contribution >= 4 is 43.9 Å². The molecular weight excluding hydrogens is 443 g/mol. The van der Waals surface area contributed by atoms with E-state index in [2.05, 4.69) is 15.4 Å². The normalized spacial score (nSPS) is 24.0. The van der Waals surface area contributed by atoms with E-state index in [4.69, 9.17) is 23.8 Å². The van der Waals surface area contributed by atoms with Gasteiger partial charge in [-0.2, -0.15) is 0 Å². The van der Waals surface area contributed by atoms with Crippen LogP contribution < -0.4 is 10.6 Å². The summed E-state index contributed by atoms with van der Waals surface area (Å²) in [5.41, 5.74) is 2.44. The van der Waals surface area contributed by atoms with Crippen molar-refractivity contribution in [1.29, 1.82) is 0 Å². The molecule has 4 N–H and O–H groups in total. The molecule has 1 heterocycles. The van der Waals surface area contributed by atoms with E-state index in [1.165, 1.54) is 0 Å². The van der Waals surface area contributed by atoms with Crippen molar-refractivity contribution < 1.29 is 57.4 Å². The molecule has 2 fully saturated rings. The van der Waals surface area contributed by atoms with Crippen LogP contribution in [0.25, 0.3) is 0 Å². The predicted octanol–water partition coefficient (Wildman–Crippen LogP) is -0.282. The van der Waals surface area contributed by atoms with Crippen molar-refractivity contribution in [3.05, 3.63) is 0 Å². The monoisotopic (exact) mass is 466 g/mol. The first-order valence-electron chi connectivity index (χ1n) is 9.45. The van der Waals surface area contributed by atoms with Crippen LogP contribution in [-0.4, -0.2) is 58.1 Å². The van der Waals surface area contributed by atoms with E-state index < -0.39 is 81.7 Å². The Bertz CT molecular complexity index is 725. The van der Waals surface area contributed by atoms with Gasteiger partial charge in [-0.25, -0.2) is 0 Å². The minimum atomic E-state index is -4.81. The van der Waals surface area contributed by atoms with Crippen LogP contribution in [0.3, 0.4) is 0 Å². The fourth-order valence-corrected chi connectivity index (χ4v) is 5.21. The second-order valence-corrected chi connectivity index (χ2v) is 8.84. The molecule has 1 aliphatic heterocycles. The zero-order chi connectivity index (χ0) is 23.0. The maximum absolute atomic E-state index is 12.2. The molecule has 0 amide bonds. The Morgan fingerprint density at radius 2 is 1.39 bits per heavy atom. The van der Waals surface area contributed by atoms with Gasteiger partial charge in [0.05, 0.1) is 0 Å². The molecular formula is C16H23N2O12P. The summed E-state index contributed by atoms with van der Waals surface area (Å²) in [6.45, 7) is 0. The van der Waals surface area contributed by atoms with Crippen LogP contribution in [-0.2, 0) is 47.2 Å². The summed E-state index contributed by atoms with van der Waals surface area (Å²) in [4.78, 5) is 74.5. The van der Waals surface area contributed by atoms with Crippen molar-refractivity contribution in [2.24, 2.45) is 0 Å². The Hall–Kier alpha value is -2.83. The quantitative estimate of drug-likeness (QED) is 0.268. The molecule has 174 valence electrons. The van der Waals surface area contributed by atoms with Gasteiger partial charge in [-0.1, -0.05) is 0 Å². The molecule has 15 heteroatoms. The van der Waals surface area contributed by atoms with Crippen LogP contribution in [0.4, 0.5) is 0 Å². The van der Waals surface area contributed by atoms with Crippen molar-refractivity contribution in [3.63, 3.8) is 0 Å². The van der Waals surface area contributed by atoms with Crippen LogP contribution >= 0.6 is 8.09 Å². The van der Waals surface area contributed by atoms with Gasteiger partial charge in [-0.15, -0.1) is 0 Å². The number of aliphatic carboxylic acids is 2. The molecule has 1 aliphatic carbocycles. The van der Waals surface area contributed by atoms with Crippen molar-refractivity contribution in [2.75, 3.05) is 0 Å². The standard InChI is InChI=1S/C16H23N2O12P/c19-11(20)5-7-13(23)28-31(29-14(24)8-6-12(21)22)18-10-4-2-1-3-9(10)17-27-15(25)16(26)30-31/h9-10,17-18,31H,1-8H2,(H,19,20)(H,21,22)/t9?,10-/m0/s1. The van der Waals surface area contributed by atoms with E-state index in [0.717, 1.165) is 6.42 Å². The third-order valence-electron chi connectivity index (χ3n) is 4.41. The number of hydrogen-bond acceptors (Lipinski definition) is 12. The van der Waals surface area contributed by atoms with Crippen LogP contribution in [0.15, 0.2) is 0 Å². The number of carboxylic acid groups (broad SMARTS) is 2. The van der Waals surface area contributed by atoms with E-state index in [1.54, 1.807) is 0 Å². The maximum atomic E-state index is 12.2. The summed E-state index contributed by atoms with van der Waals surface area (Å²) in [5.74, 6) is -8.02. The van der Waals surface area contributed by atoms with Crippen LogP contribution in [0.5, 0.6) is 0 Å². The van der Waals surface area contributed by atoms with E-state index in [1.807, 2.05) is 0 Å². The number of hydrogen-bond donors (Lipinski definition) is 4. The van der Waals surface area contributed by atoms with Crippen LogP contribution in [0.1, 0.15) is 51.4 Å². The molecule has 0 bridgehead atoms. The number of carbonyl (C=O) groups is 6. The number of carboxylic acids is 2. The van der Waals surface area contributed by atoms with Crippen molar-refractivity contribution in [3.8, 4) is 0 Å². The topological polar surface area (TPSA) is 204 Å². The zero-order valence-electron chi connectivity index (χ0n) is 16.3. The van der Waals surface area contributed by atoms with Crippen LogP contribution in [0.2, 0.25) is 0 Å². The number of rotatable bonds is 8. The van der Waals surface area contributed by atoms with E-state index in [0.29, 0.717) is 19.3 Å². The molecule has 0 spiro atoms. The molecule has 0 aromatic heterocycles. The van der Waals surface area contributed by atoms with Crippen molar-refractivity contribution in [2.45, 2.75) is 63.5 Å². The summed E-state index contributed by atoms with van der Waals surface area (Å²) in [7, 11) is -4.81. The average molecular weight is 466 g/mol. The fourth-order valence-electron chi connectivity index (χ4n) is 2.98. The first-order chi connectivity index (χ1) is 14.6. The number of carbonyl (C=O) groups excluding carboxylic acids is 4. The second kappa shape index (κ2) is 11.0. The fraction of sp³-hybridized carbons (Fsp3) is 0.625. The molecule has 31 heavy (non-hydrogen) atoms. The van der Waals surface area contributed by atoms with Gasteiger partial charge < -0.3 is 0 Å². The summed E-state index contributed by atoms with van der Waals surface area (Å²) < 4.78 is 15.2. The van der Waals surface area contributed by atoms with Gasteiger partial charge in [0.2, 0.25) is 0 Å². The van der Waals surface area contributed by atoms with Gasteiger partial charge in [-0.05, 0) is 0 Å². The molecule has 0 aromatic carbocycles. The third-order valence-corrected chi connectivity index (χ3v) is 6.58. The Kier molecular flexibility index (Phi) is 8.65. The van der Waals surface area contributed by atoms with Gasteiger partial charge in [0.15, 0.2) is 0 Å². The van der Waals surface area contributed by atoms with E-state index >= 15 is 0 Å². The first-order valence-corrected chi connectivity index (χ1v) is 11.2. The first kappa shape index (κ1) is 24.4. The number of hydroxylamine groups is 1.